The summed E-state index contributed by atoms with van der Waals surface area (Å²) in [5.74, 6) is 0.0472. The SMILES string of the molecule is Cc1cccc(F)c1N1CCC(N2Cc3cn(C4CN(C(=O)N(C)C)C4)nc3N(Cc3ccccc3C(F)(F)F)C2=O)CC1. The first-order valence-electron chi connectivity index (χ1n) is 14.7. The van der Waals surface area contributed by atoms with Gasteiger partial charge in [0, 0.05) is 58.1 Å². The number of aromatic nitrogens is 2. The number of hydrogen-bond acceptors (Lipinski definition) is 4. The van der Waals surface area contributed by atoms with Gasteiger partial charge >= 0.3 is 18.2 Å². The minimum atomic E-state index is -4.58. The van der Waals surface area contributed by atoms with Gasteiger partial charge in [0.05, 0.1) is 30.4 Å². The van der Waals surface area contributed by atoms with Crippen molar-refractivity contribution >= 4 is 23.6 Å². The normalized spacial score (nSPS) is 18.0. The summed E-state index contributed by atoms with van der Waals surface area (Å²) in [7, 11) is 3.36. The van der Waals surface area contributed by atoms with E-state index >= 15 is 0 Å². The van der Waals surface area contributed by atoms with Crippen LogP contribution in [0.25, 0.3) is 0 Å². The van der Waals surface area contributed by atoms with Crippen molar-refractivity contribution in [3.05, 3.63) is 76.7 Å². The maximum Gasteiger partial charge on any atom is 0.416 e. The van der Waals surface area contributed by atoms with E-state index in [0.29, 0.717) is 50.5 Å². The minimum Gasteiger partial charge on any atom is -0.369 e. The smallest absolute Gasteiger partial charge is 0.369 e. The summed E-state index contributed by atoms with van der Waals surface area (Å²) in [4.78, 5) is 34.6. The van der Waals surface area contributed by atoms with Crippen LogP contribution < -0.4 is 9.80 Å². The van der Waals surface area contributed by atoms with Gasteiger partial charge in [-0.3, -0.25) is 9.58 Å². The molecule has 2 fully saturated rings. The standard InChI is InChI=1S/C31H35F4N7O2/c1-20-7-6-10-26(32)27(20)38-13-11-23(12-14-38)40-16-22-17-42(24-18-39(19-24)29(43)37(2)3)36-28(22)41(30(40)44)15-21-8-4-5-9-25(21)31(33,34)35/h4-10,17,23-24H,11-16,18-19H2,1-3H3. The second-order valence-corrected chi connectivity index (χ2v) is 12.0. The fourth-order valence-electron chi connectivity index (χ4n) is 6.46. The molecule has 0 spiro atoms. The van der Waals surface area contributed by atoms with Gasteiger partial charge in [-0.1, -0.05) is 30.3 Å². The lowest BCUT2D eigenvalue weighted by molar-refractivity contribution is -0.138. The molecule has 0 radical (unpaired) electrons. The zero-order valence-electron chi connectivity index (χ0n) is 24.9. The summed E-state index contributed by atoms with van der Waals surface area (Å²) in [6, 6.07) is 9.45. The Morgan fingerprint density at radius 3 is 2.39 bits per heavy atom. The number of hydrogen-bond donors (Lipinski definition) is 0. The van der Waals surface area contributed by atoms with E-state index in [0.717, 1.165) is 17.2 Å². The Bertz CT molecular complexity index is 1540. The summed E-state index contributed by atoms with van der Waals surface area (Å²) in [5, 5.41) is 4.69. The highest BCUT2D eigenvalue weighted by Gasteiger charge is 2.42. The molecule has 3 aromatic rings. The maximum atomic E-state index is 14.7. The first kappa shape index (κ1) is 29.8. The highest BCUT2D eigenvalue weighted by Crippen LogP contribution is 2.38. The molecule has 3 aliphatic heterocycles. The number of likely N-dealkylation sites (tertiary alicyclic amines) is 1. The molecule has 9 nitrogen and oxygen atoms in total. The van der Waals surface area contributed by atoms with Gasteiger partial charge in [-0.2, -0.15) is 18.3 Å². The number of carbonyl (C=O) groups excluding carboxylic acids is 2. The summed E-state index contributed by atoms with van der Waals surface area (Å²) >= 11 is 0. The number of aryl methyl sites for hydroxylation is 1. The van der Waals surface area contributed by atoms with Crippen LogP contribution in [0.3, 0.4) is 0 Å². The van der Waals surface area contributed by atoms with Crippen molar-refractivity contribution in [2.45, 2.75) is 51.1 Å². The third-order valence-corrected chi connectivity index (χ3v) is 8.81. The Morgan fingerprint density at radius 1 is 1.02 bits per heavy atom. The average Bonchev–Trinajstić information content (AvgIpc) is 3.37. The van der Waals surface area contributed by atoms with E-state index in [-0.39, 0.29) is 42.6 Å². The van der Waals surface area contributed by atoms with Crippen LogP contribution in [0.5, 0.6) is 0 Å². The number of halogens is 4. The van der Waals surface area contributed by atoms with E-state index < -0.39 is 17.8 Å². The molecular weight excluding hydrogens is 578 g/mol. The summed E-state index contributed by atoms with van der Waals surface area (Å²) in [6.45, 7) is 3.81. The van der Waals surface area contributed by atoms with Crippen molar-refractivity contribution in [1.82, 2.24) is 24.5 Å². The number of piperidine rings is 1. The number of benzene rings is 2. The van der Waals surface area contributed by atoms with Crippen LogP contribution in [0.1, 0.15) is 41.1 Å². The molecule has 2 aromatic carbocycles. The predicted molar refractivity (Wildman–Crippen MR) is 157 cm³/mol. The first-order chi connectivity index (χ1) is 20.9. The van der Waals surface area contributed by atoms with E-state index in [1.54, 1.807) is 34.6 Å². The predicted octanol–water partition coefficient (Wildman–Crippen LogP) is 5.50. The second-order valence-electron chi connectivity index (χ2n) is 12.0. The van der Waals surface area contributed by atoms with Crippen molar-refractivity contribution in [2.24, 2.45) is 0 Å². The van der Waals surface area contributed by atoms with E-state index in [9.17, 15) is 27.2 Å². The topological polar surface area (TPSA) is 68.2 Å². The van der Waals surface area contributed by atoms with E-state index in [4.69, 9.17) is 5.10 Å². The first-order valence-corrected chi connectivity index (χ1v) is 14.7. The third kappa shape index (κ3) is 5.43. The van der Waals surface area contributed by atoms with Crippen molar-refractivity contribution in [2.75, 3.05) is 50.1 Å². The molecule has 6 rings (SSSR count). The molecule has 44 heavy (non-hydrogen) atoms. The third-order valence-electron chi connectivity index (χ3n) is 8.81. The Kier molecular flexibility index (Phi) is 7.66. The fourth-order valence-corrected chi connectivity index (χ4v) is 6.46. The number of urea groups is 2. The van der Waals surface area contributed by atoms with Gasteiger partial charge in [-0.15, -0.1) is 0 Å². The maximum absolute atomic E-state index is 14.7. The van der Waals surface area contributed by atoms with Crippen LogP contribution >= 0.6 is 0 Å². The average molecular weight is 614 g/mol. The Morgan fingerprint density at radius 2 is 1.73 bits per heavy atom. The Hall–Kier alpha value is -4.29. The number of rotatable bonds is 5. The zero-order chi connectivity index (χ0) is 31.3. The summed E-state index contributed by atoms with van der Waals surface area (Å²) in [6.07, 6.45) is -1.57. The molecular formula is C31H35F4N7O2. The van der Waals surface area contributed by atoms with Crippen LogP contribution in [-0.4, -0.2) is 82.9 Å². The molecule has 1 aromatic heterocycles. The van der Waals surface area contributed by atoms with Crippen LogP contribution in [0.4, 0.5) is 38.7 Å². The molecule has 13 heteroatoms. The number of para-hydroxylation sites is 1. The Labute approximate surface area is 253 Å². The van der Waals surface area contributed by atoms with Gasteiger partial charge in [-0.05, 0) is 43.0 Å². The van der Waals surface area contributed by atoms with Gasteiger partial charge in [0.25, 0.3) is 0 Å². The van der Waals surface area contributed by atoms with Gasteiger partial charge in [0.2, 0.25) is 0 Å². The summed E-state index contributed by atoms with van der Waals surface area (Å²) < 4.78 is 58.2. The van der Waals surface area contributed by atoms with Crippen molar-refractivity contribution in [3.8, 4) is 0 Å². The zero-order valence-corrected chi connectivity index (χ0v) is 24.9. The lowest BCUT2D eigenvalue weighted by Crippen LogP contribution is -2.54. The molecule has 0 bridgehead atoms. The minimum absolute atomic E-state index is 0.0213. The van der Waals surface area contributed by atoms with Gasteiger partial charge < -0.3 is 19.6 Å². The van der Waals surface area contributed by atoms with Crippen molar-refractivity contribution in [1.29, 1.82) is 0 Å². The van der Waals surface area contributed by atoms with Crippen molar-refractivity contribution in [3.63, 3.8) is 0 Å². The molecule has 0 atom stereocenters. The van der Waals surface area contributed by atoms with E-state index in [1.807, 2.05) is 24.1 Å². The lowest BCUT2D eigenvalue weighted by Gasteiger charge is -2.43. The molecule has 4 amide bonds. The van der Waals surface area contributed by atoms with E-state index in [2.05, 4.69) is 0 Å². The molecule has 0 unspecified atom stereocenters. The number of nitrogens with zero attached hydrogens (tertiary/aromatic N) is 7. The number of anilines is 2. The molecule has 4 heterocycles. The lowest BCUT2D eigenvalue weighted by atomic mass is 10.00. The van der Waals surface area contributed by atoms with Crippen LogP contribution in [-0.2, 0) is 19.3 Å². The number of fused-ring (bicyclic) bond motifs is 1. The molecule has 2 saturated heterocycles. The monoisotopic (exact) mass is 613 g/mol. The number of carbonyl (C=O) groups is 2. The molecule has 0 N–H and O–H groups in total. The van der Waals surface area contributed by atoms with Crippen molar-refractivity contribution < 1.29 is 27.2 Å². The highest BCUT2D eigenvalue weighted by molar-refractivity contribution is 5.94. The number of alkyl halides is 3. The van der Waals surface area contributed by atoms with Crippen LogP contribution in [0, 0.1) is 12.7 Å². The van der Waals surface area contributed by atoms with Crippen LogP contribution in [0.15, 0.2) is 48.7 Å². The fraction of sp³-hybridized carbons (Fsp3) is 0.452. The molecule has 0 saturated carbocycles. The van der Waals surface area contributed by atoms with Gasteiger partial charge in [0.15, 0.2) is 5.82 Å². The molecule has 3 aliphatic rings. The second kappa shape index (κ2) is 11.3. The quantitative estimate of drug-likeness (QED) is 0.357. The summed E-state index contributed by atoms with van der Waals surface area (Å²) in [5.41, 5.74) is 1.32. The highest BCUT2D eigenvalue weighted by atomic mass is 19.4. The van der Waals surface area contributed by atoms with Gasteiger partial charge in [-0.25, -0.2) is 14.0 Å². The number of amides is 4. The Balaban J connectivity index is 1.27. The molecule has 0 aliphatic carbocycles. The molecule has 234 valence electrons. The largest absolute Gasteiger partial charge is 0.416 e. The van der Waals surface area contributed by atoms with Crippen LogP contribution in [0.2, 0.25) is 0 Å². The van der Waals surface area contributed by atoms with Gasteiger partial charge in [0.1, 0.15) is 5.82 Å². The van der Waals surface area contributed by atoms with E-state index in [1.165, 1.54) is 34.1 Å².